The van der Waals surface area contributed by atoms with Crippen LogP contribution >= 0.6 is 0 Å². The lowest BCUT2D eigenvalue weighted by molar-refractivity contribution is -0.142. The molecule has 0 aromatic rings. The standard InChI is InChI=1S/C9H15NO4S/c11-9(12)7-3-1-4-8(7)10-5-2-6-15(10,13)14/h7-8H,1-6H2,(H,11,12). The van der Waals surface area contributed by atoms with E-state index in [9.17, 15) is 13.2 Å². The molecule has 6 heteroatoms. The van der Waals surface area contributed by atoms with Crippen LogP contribution < -0.4 is 0 Å². The Bertz CT molecular complexity index is 364. The SMILES string of the molecule is O=C(O)C1CCCC1N1CCCS1(=O)=O. The van der Waals surface area contributed by atoms with Gasteiger partial charge in [-0.2, -0.15) is 4.31 Å². The molecule has 1 aliphatic carbocycles. The highest BCUT2D eigenvalue weighted by molar-refractivity contribution is 7.89. The number of aliphatic carboxylic acids is 1. The number of hydrogen-bond donors (Lipinski definition) is 1. The van der Waals surface area contributed by atoms with Crippen molar-refractivity contribution in [3.05, 3.63) is 0 Å². The van der Waals surface area contributed by atoms with Crippen molar-refractivity contribution in [3.63, 3.8) is 0 Å². The summed E-state index contributed by atoms with van der Waals surface area (Å²) >= 11 is 0. The van der Waals surface area contributed by atoms with Gasteiger partial charge in [0.1, 0.15) is 0 Å². The summed E-state index contributed by atoms with van der Waals surface area (Å²) in [6.45, 7) is 0.497. The molecule has 1 heterocycles. The Morgan fingerprint density at radius 2 is 2.00 bits per heavy atom. The predicted octanol–water partition coefficient (Wildman–Crippen LogP) is 0.275. The van der Waals surface area contributed by atoms with Gasteiger partial charge < -0.3 is 5.11 Å². The summed E-state index contributed by atoms with van der Waals surface area (Å²) in [4.78, 5) is 11.0. The summed E-state index contributed by atoms with van der Waals surface area (Å²) in [5.74, 6) is -1.19. The minimum Gasteiger partial charge on any atom is -0.481 e. The molecule has 0 spiro atoms. The molecule has 15 heavy (non-hydrogen) atoms. The van der Waals surface area contributed by atoms with Crippen molar-refractivity contribution in [1.29, 1.82) is 0 Å². The minimum absolute atomic E-state index is 0.176. The van der Waals surface area contributed by atoms with Gasteiger partial charge in [-0.15, -0.1) is 0 Å². The van der Waals surface area contributed by atoms with Gasteiger partial charge in [0.15, 0.2) is 0 Å². The van der Waals surface area contributed by atoms with Crippen molar-refractivity contribution in [1.82, 2.24) is 4.31 Å². The number of carboxylic acids is 1. The molecule has 0 radical (unpaired) electrons. The maximum atomic E-state index is 11.6. The summed E-state index contributed by atoms with van der Waals surface area (Å²) in [6.07, 6.45) is 2.74. The van der Waals surface area contributed by atoms with E-state index in [1.165, 1.54) is 4.31 Å². The molecular formula is C9H15NO4S. The quantitative estimate of drug-likeness (QED) is 0.743. The van der Waals surface area contributed by atoms with Gasteiger partial charge in [-0.05, 0) is 19.3 Å². The van der Waals surface area contributed by atoms with Gasteiger partial charge >= 0.3 is 5.97 Å². The molecule has 1 saturated heterocycles. The third kappa shape index (κ3) is 1.88. The molecule has 1 saturated carbocycles. The van der Waals surface area contributed by atoms with Crippen LogP contribution in [0.1, 0.15) is 25.7 Å². The molecule has 0 aromatic heterocycles. The van der Waals surface area contributed by atoms with Crippen molar-refractivity contribution in [3.8, 4) is 0 Å². The third-order valence-electron chi connectivity index (χ3n) is 3.30. The lowest BCUT2D eigenvalue weighted by Gasteiger charge is -2.25. The molecule has 2 aliphatic rings. The number of hydrogen-bond acceptors (Lipinski definition) is 3. The second-order valence-electron chi connectivity index (χ2n) is 4.22. The molecule has 2 fully saturated rings. The Morgan fingerprint density at radius 1 is 1.27 bits per heavy atom. The van der Waals surface area contributed by atoms with Gasteiger partial charge in [0.05, 0.1) is 11.7 Å². The molecule has 1 aliphatic heterocycles. The zero-order valence-corrected chi connectivity index (χ0v) is 9.24. The molecular weight excluding hydrogens is 218 g/mol. The van der Waals surface area contributed by atoms with Crippen molar-refractivity contribution in [2.75, 3.05) is 12.3 Å². The number of carboxylic acid groups (broad SMARTS) is 1. The molecule has 2 unspecified atom stereocenters. The largest absolute Gasteiger partial charge is 0.481 e. The monoisotopic (exact) mass is 233 g/mol. The maximum Gasteiger partial charge on any atom is 0.308 e. The first kappa shape index (κ1) is 10.9. The highest BCUT2D eigenvalue weighted by Crippen LogP contribution is 2.33. The van der Waals surface area contributed by atoms with E-state index < -0.39 is 21.9 Å². The van der Waals surface area contributed by atoms with E-state index in [0.717, 1.165) is 6.42 Å². The van der Waals surface area contributed by atoms with Crippen LogP contribution in [0.4, 0.5) is 0 Å². The second kappa shape index (κ2) is 3.75. The second-order valence-corrected chi connectivity index (χ2v) is 6.26. The molecule has 0 aromatic carbocycles. The van der Waals surface area contributed by atoms with E-state index in [2.05, 4.69) is 0 Å². The van der Waals surface area contributed by atoms with Crippen LogP contribution in [0.5, 0.6) is 0 Å². The number of sulfonamides is 1. The lowest BCUT2D eigenvalue weighted by atomic mass is 10.0. The summed E-state index contributed by atoms with van der Waals surface area (Å²) in [6, 6.07) is -0.296. The Balaban J connectivity index is 2.20. The van der Waals surface area contributed by atoms with Gasteiger partial charge in [0, 0.05) is 12.6 Å². The normalized spacial score (nSPS) is 35.7. The van der Waals surface area contributed by atoms with Crippen LogP contribution in [-0.4, -0.2) is 42.1 Å². The Morgan fingerprint density at radius 3 is 2.53 bits per heavy atom. The topological polar surface area (TPSA) is 74.7 Å². The van der Waals surface area contributed by atoms with Gasteiger partial charge in [-0.3, -0.25) is 4.79 Å². The van der Waals surface area contributed by atoms with Crippen LogP contribution in [-0.2, 0) is 14.8 Å². The molecule has 5 nitrogen and oxygen atoms in total. The molecule has 0 amide bonds. The Hall–Kier alpha value is -0.620. The van der Waals surface area contributed by atoms with Gasteiger partial charge in [-0.25, -0.2) is 8.42 Å². The summed E-state index contributed by atoms with van der Waals surface area (Å²) in [5.41, 5.74) is 0. The number of rotatable bonds is 2. The van der Waals surface area contributed by atoms with Crippen LogP contribution in [0.2, 0.25) is 0 Å². The predicted molar refractivity (Wildman–Crippen MR) is 53.9 cm³/mol. The summed E-state index contributed by atoms with van der Waals surface area (Å²) in [7, 11) is -3.17. The van der Waals surface area contributed by atoms with E-state index >= 15 is 0 Å². The van der Waals surface area contributed by atoms with Crippen LogP contribution in [0.3, 0.4) is 0 Å². The van der Waals surface area contributed by atoms with Crippen molar-refractivity contribution in [2.24, 2.45) is 5.92 Å². The van der Waals surface area contributed by atoms with Crippen LogP contribution in [0.25, 0.3) is 0 Å². The highest BCUT2D eigenvalue weighted by atomic mass is 32.2. The minimum atomic E-state index is -3.17. The molecule has 86 valence electrons. The fourth-order valence-electron chi connectivity index (χ4n) is 2.60. The van der Waals surface area contributed by atoms with Crippen LogP contribution in [0.15, 0.2) is 0 Å². The number of carbonyl (C=O) groups is 1. The van der Waals surface area contributed by atoms with Gasteiger partial charge in [0.2, 0.25) is 10.0 Å². The zero-order chi connectivity index (χ0) is 11.1. The van der Waals surface area contributed by atoms with E-state index in [0.29, 0.717) is 25.8 Å². The molecule has 2 rings (SSSR count). The summed E-state index contributed by atoms with van der Waals surface area (Å²) in [5, 5.41) is 8.99. The first-order valence-electron chi connectivity index (χ1n) is 5.25. The zero-order valence-electron chi connectivity index (χ0n) is 8.42. The fraction of sp³-hybridized carbons (Fsp3) is 0.889. The first-order valence-corrected chi connectivity index (χ1v) is 6.85. The number of nitrogens with zero attached hydrogens (tertiary/aromatic N) is 1. The maximum absolute atomic E-state index is 11.6. The lowest BCUT2D eigenvalue weighted by Crippen LogP contribution is -2.41. The van der Waals surface area contributed by atoms with E-state index in [4.69, 9.17) is 5.11 Å². The fourth-order valence-corrected chi connectivity index (χ4v) is 4.41. The molecule has 1 N–H and O–H groups in total. The average Bonchev–Trinajstić information content (AvgIpc) is 2.69. The van der Waals surface area contributed by atoms with Crippen molar-refractivity contribution >= 4 is 16.0 Å². The first-order chi connectivity index (χ1) is 7.02. The van der Waals surface area contributed by atoms with E-state index in [1.54, 1.807) is 0 Å². The Labute approximate surface area is 89.1 Å². The average molecular weight is 233 g/mol. The van der Waals surface area contributed by atoms with Crippen molar-refractivity contribution in [2.45, 2.75) is 31.7 Å². The van der Waals surface area contributed by atoms with E-state index in [-0.39, 0.29) is 11.8 Å². The molecule has 2 atom stereocenters. The molecule has 0 bridgehead atoms. The van der Waals surface area contributed by atoms with Crippen LogP contribution in [0, 0.1) is 5.92 Å². The van der Waals surface area contributed by atoms with Gasteiger partial charge in [-0.1, -0.05) is 6.42 Å². The summed E-state index contributed by atoms with van der Waals surface area (Å²) < 4.78 is 24.7. The Kier molecular flexibility index (Phi) is 2.72. The third-order valence-corrected chi connectivity index (χ3v) is 5.28. The highest BCUT2D eigenvalue weighted by Gasteiger charge is 2.43. The van der Waals surface area contributed by atoms with E-state index in [1.807, 2.05) is 0 Å². The van der Waals surface area contributed by atoms with Crippen molar-refractivity contribution < 1.29 is 18.3 Å². The smallest absolute Gasteiger partial charge is 0.308 e. The van der Waals surface area contributed by atoms with Gasteiger partial charge in [0.25, 0.3) is 0 Å².